The molecule has 1 unspecified atom stereocenters. The van der Waals surface area contributed by atoms with Gasteiger partial charge in [0.05, 0.1) is 10.6 Å². The molecule has 0 aromatic heterocycles. The van der Waals surface area contributed by atoms with Gasteiger partial charge in [0.15, 0.2) is 0 Å². The van der Waals surface area contributed by atoms with Crippen LogP contribution in [-0.4, -0.2) is 26.9 Å². The molecule has 0 saturated carbocycles. The van der Waals surface area contributed by atoms with Crippen LogP contribution in [0.5, 0.6) is 0 Å². The summed E-state index contributed by atoms with van der Waals surface area (Å²) in [5, 5.41) is 0. The fourth-order valence-corrected chi connectivity index (χ4v) is 5.58. The van der Waals surface area contributed by atoms with E-state index in [1.165, 1.54) is 4.31 Å². The Morgan fingerprint density at radius 1 is 0.969 bits per heavy atom. The Balaban J connectivity index is 1.75. The summed E-state index contributed by atoms with van der Waals surface area (Å²) in [5.41, 5.74) is 5.46. The van der Waals surface area contributed by atoms with Crippen molar-refractivity contribution < 1.29 is 13.2 Å². The smallest absolute Gasteiger partial charge is 0.264 e. The number of carbonyl (C=O) groups excluding carboxylic acids is 1. The minimum Gasteiger partial charge on any atom is -0.307 e. The quantitative estimate of drug-likeness (QED) is 0.564. The Labute approximate surface area is 190 Å². The molecule has 0 aliphatic carbocycles. The summed E-state index contributed by atoms with van der Waals surface area (Å²) < 4.78 is 28.6. The Bertz CT molecular complexity index is 1270. The van der Waals surface area contributed by atoms with Gasteiger partial charge in [-0.1, -0.05) is 42.0 Å². The van der Waals surface area contributed by atoms with Crippen LogP contribution in [0.15, 0.2) is 71.6 Å². The number of nitrogens with zero attached hydrogens (tertiary/aromatic N) is 2. The van der Waals surface area contributed by atoms with E-state index in [-0.39, 0.29) is 23.4 Å². The highest BCUT2D eigenvalue weighted by molar-refractivity contribution is 7.92. The second-order valence-electron chi connectivity index (χ2n) is 8.54. The Morgan fingerprint density at radius 2 is 1.66 bits per heavy atom. The maximum absolute atomic E-state index is 13.7. The molecular formula is C26H28N2O3S. The Morgan fingerprint density at radius 3 is 2.34 bits per heavy atom. The molecule has 1 aliphatic rings. The van der Waals surface area contributed by atoms with Gasteiger partial charge in [0.25, 0.3) is 10.0 Å². The predicted molar refractivity (Wildman–Crippen MR) is 129 cm³/mol. The van der Waals surface area contributed by atoms with Gasteiger partial charge in [0.2, 0.25) is 5.91 Å². The molecule has 1 aliphatic heterocycles. The van der Waals surface area contributed by atoms with Gasteiger partial charge < -0.3 is 4.90 Å². The normalized spacial score (nSPS) is 15.5. The number of fused-ring (bicyclic) bond motifs is 1. The van der Waals surface area contributed by atoms with Crippen LogP contribution < -0.4 is 9.21 Å². The number of anilines is 2. The van der Waals surface area contributed by atoms with E-state index >= 15 is 0 Å². The fraction of sp³-hybridized carbons (Fsp3) is 0.269. The van der Waals surface area contributed by atoms with E-state index in [0.717, 1.165) is 34.4 Å². The first-order valence-corrected chi connectivity index (χ1v) is 12.2. The molecule has 0 radical (unpaired) electrons. The molecule has 0 spiro atoms. The monoisotopic (exact) mass is 448 g/mol. The number of aryl methyl sites for hydroxylation is 3. The maximum atomic E-state index is 13.7. The van der Waals surface area contributed by atoms with Gasteiger partial charge in [-0.2, -0.15) is 0 Å². The molecule has 3 aromatic carbocycles. The third-order valence-corrected chi connectivity index (χ3v) is 7.93. The van der Waals surface area contributed by atoms with E-state index in [4.69, 9.17) is 0 Å². The number of benzene rings is 3. The molecule has 4 rings (SSSR count). The van der Waals surface area contributed by atoms with E-state index in [2.05, 4.69) is 0 Å². The van der Waals surface area contributed by atoms with Crippen LogP contribution in [0.4, 0.5) is 11.4 Å². The third kappa shape index (κ3) is 4.02. The second kappa shape index (κ2) is 8.43. The van der Waals surface area contributed by atoms with Gasteiger partial charge in [-0.25, -0.2) is 8.42 Å². The van der Waals surface area contributed by atoms with Gasteiger partial charge in [-0.05, 0) is 81.1 Å². The molecule has 1 heterocycles. The zero-order valence-electron chi connectivity index (χ0n) is 18.9. The van der Waals surface area contributed by atoms with Crippen molar-refractivity contribution in [3.05, 3.63) is 89.0 Å². The molecule has 3 aromatic rings. The molecule has 1 amide bonds. The highest BCUT2D eigenvalue weighted by Crippen LogP contribution is 2.33. The molecule has 32 heavy (non-hydrogen) atoms. The van der Waals surface area contributed by atoms with Crippen molar-refractivity contribution in [2.24, 2.45) is 0 Å². The summed E-state index contributed by atoms with van der Waals surface area (Å²) >= 11 is 0. The van der Waals surface area contributed by atoms with Crippen molar-refractivity contribution in [2.45, 2.75) is 45.1 Å². The van der Waals surface area contributed by atoms with Crippen molar-refractivity contribution in [2.75, 3.05) is 15.7 Å². The maximum Gasteiger partial charge on any atom is 0.264 e. The lowest BCUT2D eigenvalue weighted by Gasteiger charge is -2.29. The number of sulfonamides is 1. The standard InChI is InChI=1S/C26H28N2O3S/c1-18-9-13-24(14-10-18)32(30,31)27(23-12-11-19(2)20(3)15-23)17-26(29)28-21(4)16-22-7-5-6-8-25(22)28/h5-15,21H,16-17H2,1-4H3. The number of amides is 1. The van der Waals surface area contributed by atoms with Crippen LogP contribution in [-0.2, 0) is 21.2 Å². The molecule has 1 atom stereocenters. The Hall–Kier alpha value is -3.12. The summed E-state index contributed by atoms with van der Waals surface area (Å²) in [4.78, 5) is 15.4. The highest BCUT2D eigenvalue weighted by atomic mass is 32.2. The third-order valence-electron chi connectivity index (χ3n) is 6.14. The Kier molecular flexibility index (Phi) is 5.82. The lowest BCUT2D eigenvalue weighted by Crippen LogP contribution is -2.45. The van der Waals surface area contributed by atoms with Crippen molar-refractivity contribution >= 4 is 27.3 Å². The van der Waals surface area contributed by atoms with Crippen LogP contribution >= 0.6 is 0 Å². The number of para-hydroxylation sites is 1. The summed E-state index contributed by atoms with van der Waals surface area (Å²) in [6.45, 7) is 7.55. The number of rotatable bonds is 5. The topological polar surface area (TPSA) is 57.7 Å². The molecule has 0 fully saturated rings. The van der Waals surface area contributed by atoms with Crippen molar-refractivity contribution in [3.8, 4) is 0 Å². The average Bonchev–Trinajstić information content (AvgIpc) is 3.10. The van der Waals surface area contributed by atoms with Gasteiger partial charge in [0, 0.05) is 11.7 Å². The SMILES string of the molecule is Cc1ccc(S(=O)(=O)N(CC(=O)N2c3ccccc3CC2C)c2ccc(C)c(C)c2)cc1. The first-order chi connectivity index (χ1) is 15.2. The number of hydrogen-bond acceptors (Lipinski definition) is 3. The van der Waals surface area contributed by atoms with Crippen molar-refractivity contribution in [3.63, 3.8) is 0 Å². The van der Waals surface area contributed by atoms with E-state index in [1.807, 2.05) is 64.1 Å². The van der Waals surface area contributed by atoms with Crippen LogP contribution in [0.3, 0.4) is 0 Å². The predicted octanol–water partition coefficient (Wildman–Crippen LogP) is 4.78. The van der Waals surface area contributed by atoms with Crippen LogP contribution in [0, 0.1) is 20.8 Å². The van der Waals surface area contributed by atoms with E-state index < -0.39 is 10.0 Å². The molecule has 6 heteroatoms. The molecule has 166 valence electrons. The molecule has 5 nitrogen and oxygen atoms in total. The molecule has 0 bridgehead atoms. The fourth-order valence-electron chi connectivity index (χ4n) is 4.18. The van der Waals surface area contributed by atoms with E-state index in [9.17, 15) is 13.2 Å². The van der Waals surface area contributed by atoms with Crippen molar-refractivity contribution in [1.29, 1.82) is 0 Å². The number of hydrogen-bond donors (Lipinski definition) is 0. The van der Waals surface area contributed by atoms with Gasteiger partial charge in [-0.3, -0.25) is 9.10 Å². The minimum atomic E-state index is -3.93. The second-order valence-corrected chi connectivity index (χ2v) is 10.4. The van der Waals surface area contributed by atoms with Crippen LogP contribution in [0.2, 0.25) is 0 Å². The van der Waals surface area contributed by atoms with E-state index in [1.54, 1.807) is 35.2 Å². The minimum absolute atomic E-state index is 0.0245. The van der Waals surface area contributed by atoms with E-state index in [0.29, 0.717) is 5.69 Å². The largest absolute Gasteiger partial charge is 0.307 e. The first kappa shape index (κ1) is 22.1. The van der Waals surface area contributed by atoms with Gasteiger partial charge >= 0.3 is 0 Å². The first-order valence-electron chi connectivity index (χ1n) is 10.7. The zero-order chi connectivity index (χ0) is 23.0. The molecule has 0 N–H and O–H groups in total. The van der Waals surface area contributed by atoms with Gasteiger partial charge in [-0.15, -0.1) is 0 Å². The van der Waals surface area contributed by atoms with Crippen LogP contribution in [0.1, 0.15) is 29.2 Å². The summed E-state index contributed by atoms with van der Waals surface area (Å²) in [6.07, 6.45) is 0.760. The summed E-state index contributed by atoms with van der Waals surface area (Å²) in [5.74, 6) is -0.239. The average molecular weight is 449 g/mol. The summed E-state index contributed by atoms with van der Waals surface area (Å²) in [6, 6.07) is 20.0. The molecule has 0 saturated heterocycles. The van der Waals surface area contributed by atoms with Crippen molar-refractivity contribution in [1.82, 2.24) is 0 Å². The summed E-state index contributed by atoms with van der Waals surface area (Å²) in [7, 11) is -3.93. The lowest BCUT2D eigenvalue weighted by atomic mass is 10.1. The zero-order valence-corrected chi connectivity index (χ0v) is 19.7. The van der Waals surface area contributed by atoms with Gasteiger partial charge in [0.1, 0.15) is 6.54 Å². The lowest BCUT2D eigenvalue weighted by molar-refractivity contribution is -0.117. The number of carbonyl (C=O) groups is 1. The van der Waals surface area contributed by atoms with Crippen LogP contribution in [0.25, 0.3) is 0 Å². The highest BCUT2D eigenvalue weighted by Gasteiger charge is 2.34. The molecular weight excluding hydrogens is 420 g/mol.